The van der Waals surface area contributed by atoms with Crippen LogP contribution in [0.25, 0.3) is 0 Å². The lowest BCUT2D eigenvalue weighted by Gasteiger charge is -2.15. The van der Waals surface area contributed by atoms with E-state index in [2.05, 4.69) is 25.2 Å². The van der Waals surface area contributed by atoms with Crippen molar-refractivity contribution in [1.29, 1.82) is 0 Å². The number of nitrogens with one attached hydrogen (secondary N) is 1. The summed E-state index contributed by atoms with van der Waals surface area (Å²) in [7, 11) is 0. The molecule has 0 bridgehead atoms. The van der Waals surface area contributed by atoms with E-state index in [9.17, 15) is 4.79 Å². The highest BCUT2D eigenvalue weighted by Crippen LogP contribution is 2.24. The zero-order valence-electron chi connectivity index (χ0n) is 14.6. The minimum atomic E-state index is -0.132. The van der Waals surface area contributed by atoms with Crippen LogP contribution >= 0.6 is 0 Å². The van der Waals surface area contributed by atoms with Crippen LogP contribution in [-0.2, 0) is 11.2 Å². The molecule has 3 nitrogen and oxygen atoms in total. The Bertz CT molecular complexity index is 720. The predicted octanol–water partition coefficient (Wildman–Crippen LogP) is 4.50. The first kappa shape index (κ1) is 17.1. The van der Waals surface area contributed by atoms with E-state index in [1.807, 2.05) is 45.0 Å². The highest BCUT2D eigenvalue weighted by Gasteiger charge is 2.11. The van der Waals surface area contributed by atoms with Gasteiger partial charge in [0.05, 0.1) is 0 Å². The zero-order chi connectivity index (χ0) is 17.0. The SMILES string of the molecule is CCc1cccc(C)c1NC(=O)COc1cc(C)cc(C)c1C. The van der Waals surface area contributed by atoms with Gasteiger partial charge in [-0.25, -0.2) is 0 Å². The number of hydrogen-bond acceptors (Lipinski definition) is 2. The number of ether oxygens (including phenoxy) is 1. The second-order valence-corrected chi connectivity index (χ2v) is 6.00. The van der Waals surface area contributed by atoms with Crippen molar-refractivity contribution >= 4 is 11.6 Å². The second kappa shape index (κ2) is 7.32. The lowest BCUT2D eigenvalue weighted by molar-refractivity contribution is -0.118. The molecular formula is C20H25NO2. The van der Waals surface area contributed by atoms with Crippen molar-refractivity contribution in [3.05, 3.63) is 58.1 Å². The van der Waals surface area contributed by atoms with E-state index in [0.717, 1.165) is 40.1 Å². The normalized spacial score (nSPS) is 10.5. The summed E-state index contributed by atoms with van der Waals surface area (Å²) in [6, 6.07) is 10.1. The van der Waals surface area contributed by atoms with E-state index in [-0.39, 0.29) is 12.5 Å². The maximum atomic E-state index is 12.3. The Hall–Kier alpha value is -2.29. The summed E-state index contributed by atoms with van der Waals surface area (Å²) >= 11 is 0. The quantitative estimate of drug-likeness (QED) is 0.883. The molecule has 0 saturated heterocycles. The molecule has 1 N–H and O–H groups in total. The largest absolute Gasteiger partial charge is 0.483 e. The molecule has 2 aromatic rings. The minimum Gasteiger partial charge on any atom is -0.483 e. The summed E-state index contributed by atoms with van der Waals surface area (Å²) in [5.74, 6) is 0.644. The number of carbonyl (C=O) groups is 1. The number of rotatable bonds is 5. The Balaban J connectivity index is 2.07. The number of hydrogen-bond donors (Lipinski definition) is 1. The first-order valence-corrected chi connectivity index (χ1v) is 8.01. The van der Waals surface area contributed by atoms with E-state index in [0.29, 0.717) is 0 Å². The first-order chi connectivity index (χ1) is 10.9. The molecule has 0 aliphatic heterocycles. The lowest BCUT2D eigenvalue weighted by Crippen LogP contribution is -2.21. The summed E-state index contributed by atoms with van der Waals surface area (Å²) in [4.78, 5) is 12.3. The molecule has 0 fully saturated rings. The molecule has 0 atom stereocenters. The van der Waals surface area contributed by atoms with Crippen LogP contribution < -0.4 is 10.1 Å². The minimum absolute atomic E-state index is 0.0151. The highest BCUT2D eigenvalue weighted by molar-refractivity contribution is 5.93. The molecule has 0 saturated carbocycles. The van der Waals surface area contributed by atoms with Gasteiger partial charge in [-0.2, -0.15) is 0 Å². The Morgan fingerprint density at radius 2 is 1.83 bits per heavy atom. The molecule has 0 aliphatic carbocycles. The Labute approximate surface area is 138 Å². The average molecular weight is 311 g/mol. The van der Waals surface area contributed by atoms with Crippen LogP contribution in [0.1, 0.15) is 34.7 Å². The molecule has 0 aromatic heterocycles. The van der Waals surface area contributed by atoms with Crippen molar-refractivity contribution in [1.82, 2.24) is 0 Å². The fourth-order valence-corrected chi connectivity index (χ4v) is 2.67. The van der Waals surface area contributed by atoms with E-state index in [1.54, 1.807) is 0 Å². The molecule has 0 aliphatic rings. The monoisotopic (exact) mass is 311 g/mol. The van der Waals surface area contributed by atoms with Gasteiger partial charge in [0.1, 0.15) is 5.75 Å². The van der Waals surface area contributed by atoms with Crippen molar-refractivity contribution in [3.63, 3.8) is 0 Å². The number of para-hydroxylation sites is 1. The van der Waals surface area contributed by atoms with Gasteiger partial charge in [0.15, 0.2) is 6.61 Å². The summed E-state index contributed by atoms with van der Waals surface area (Å²) in [5, 5.41) is 2.98. The summed E-state index contributed by atoms with van der Waals surface area (Å²) in [5.41, 5.74) is 6.50. The fourth-order valence-electron chi connectivity index (χ4n) is 2.67. The number of anilines is 1. The maximum Gasteiger partial charge on any atom is 0.262 e. The van der Waals surface area contributed by atoms with E-state index >= 15 is 0 Å². The second-order valence-electron chi connectivity index (χ2n) is 6.00. The molecule has 1 amide bonds. The van der Waals surface area contributed by atoms with Crippen molar-refractivity contribution in [2.45, 2.75) is 41.0 Å². The third-order valence-electron chi connectivity index (χ3n) is 4.13. The third-order valence-corrected chi connectivity index (χ3v) is 4.13. The van der Waals surface area contributed by atoms with E-state index < -0.39 is 0 Å². The standard InChI is InChI=1S/C20H25NO2/c1-6-17-9-7-8-14(3)20(17)21-19(22)12-23-18-11-13(2)10-15(4)16(18)5/h7-11H,6,12H2,1-5H3,(H,21,22). The number of amides is 1. The summed E-state index contributed by atoms with van der Waals surface area (Å²) in [6.07, 6.45) is 0.883. The first-order valence-electron chi connectivity index (χ1n) is 8.01. The van der Waals surface area contributed by atoms with Gasteiger partial charge in [-0.05, 0) is 68.0 Å². The van der Waals surface area contributed by atoms with Crippen LogP contribution in [0.5, 0.6) is 5.75 Å². The number of carbonyl (C=O) groups excluding carboxylic acids is 1. The molecular weight excluding hydrogens is 286 g/mol. The van der Waals surface area contributed by atoms with Gasteiger partial charge >= 0.3 is 0 Å². The summed E-state index contributed by atoms with van der Waals surface area (Å²) < 4.78 is 5.73. The fraction of sp³-hybridized carbons (Fsp3) is 0.350. The summed E-state index contributed by atoms with van der Waals surface area (Å²) in [6.45, 7) is 10.2. The van der Waals surface area contributed by atoms with Gasteiger partial charge in [-0.15, -0.1) is 0 Å². The zero-order valence-corrected chi connectivity index (χ0v) is 14.6. The highest BCUT2D eigenvalue weighted by atomic mass is 16.5. The molecule has 0 unspecified atom stereocenters. The van der Waals surface area contributed by atoms with Crippen LogP contribution in [0, 0.1) is 27.7 Å². The Morgan fingerprint density at radius 1 is 1.09 bits per heavy atom. The van der Waals surface area contributed by atoms with Crippen LogP contribution in [0.2, 0.25) is 0 Å². The Kier molecular flexibility index (Phi) is 5.43. The van der Waals surface area contributed by atoms with Crippen molar-refractivity contribution in [3.8, 4) is 5.75 Å². The van der Waals surface area contributed by atoms with Crippen LogP contribution in [0.3, 0.4) is 0 Å². The molecule has 0 radical (unpaired) electrons. The lowest BCUT2D eigenvalue weighted by atomic mass is 10.1. The molecule has 0 heterocycles. The van der Waals surface area contributed by atoms with Gasteiger partial charge in [-0.1, -0.05) is 31.2 Å². The number of aryl methyl sites for hydroxylation is 4. The maximum absolute atomic E-state index is 12.3. The topological polar surface area (TPSA) is 38.3 Å². The van der Waals surface area contributed by atoms with Gasteiger partial charge < -0.3 is 10.1 Å². The van der Waals surface area contributed by atoms with Gasteiger partial charge in [0, 0.05) is 5.69 Å². The van der Waals surface area contributed by atoms with Crippen LogP contribution in [0.4, 0.5) is 5.69 Å². The van der Waals surface area contributed by atoms with Crippen molar-refractivity contribution in [2.24, 2.45) is 0 Å². The van der Waals surface area contributed by atoms with Gasteiger partial charge in [0.2, 0.25) is 0 Å². The molecule has 122 valence electrons. The van der Waals surface area contributed by atoms with Crippen LogP contribution in [-0.4, -0.2) is 12.5 Å². The smallest absolute Gasteiger partial charge is 0.262 e. The molecule has 0 spiro atoms. The predicted molar refractivity (Wildman–Crippen MR) is 95.3 cm³/mol. The third kappa shape index (κ3) is 4.13. The van der Waals surface area contributed by atoms with Gasteiger partial charge in [-0.3, -0.25) is 4.79 Å². The van der Waals surface area contributed by atoms with Crippen LogP contribution in [0.15, 0.2) is 30.3 Å². The van der Waals surface area contributed by atoms with E-state index in [1.165, 1.54) is 5.56 Å². The average Bonchev–Trinajstić information content (AvgIpc) is 2.51. The molecule has 3 heteroatoms. The van der Waals surface area contributed by atoms with Gasteiger partial charge in [0.25, 0.3) is 5.91 Å². The number of benzene rings is 2. The van der Waals surface area contributed by atoms with Crippen molar-refractivity contribution in [2.75, 3.05) is 11.9 Å². The van der Waals surface area contributed by atoms with E-state index in [4.69, 9.17) is 4.74 Å². The van der Waals surface area contributed by atoms with Crippen molar-refractivity contribution < 1.29 is 9.53 Å². The Morgan fingerprint density at radius 3 is 2.52 bits per heavy atom. The molecule has 2 aromatic carbocycles. The molecule has 2 rings (SSSR count). The molecule has 23 heavy (non-hydrogen) atoms.